The van der Waals surface area contributed by atoms with E-state index in [1.165, 1.54) is 32.2 Å². The van der Waals surface area contributed by atoms with Crippen LogP contribution in [-0.4, -0.2) is 54.0 Å². The number of carbonyl (C=O) groups excluding carboxylic acids is 1. The Balaban J connectivity index is 1.90. The van der Waals surface area contributed by atoms with Gasteiger partial charge in [0.15, 0.2) is 0 Å². The van der Waals surface area contributed by atoms with Crippen LogP contribution in [0.3, 0.4) is 0 Å². The second-order valence-corrected chi connectivity index (χ2v) is 8.48. The second kappa shape index (κ2) is 7.31. The first-order chi connectivity index (χ1) is 10.3. The Hall–Kier alpha value is -0.610. The van der Waals surface area contributed by atoms with Crippen LogP contribution < -0.4 is 5.73 Å². The number of piperidine rings is 2. The van der Waals surface area contributed by atoms with Crippen LogP contribution in [0.25, 0.3) is 0 Å². The predicted octanol–water partition coefficient (Wildman–Crippen LogP) is 2.47. The third kappa shape index (κ3) is 4.45. The summed E-state index contributed by atoms with van der Waals surface area (Å²) in [5.41, 5.74) is 6.01. The quantitative estimate of drug-likeness (QED) is 0.871. The van der Waals surface area contributed by atoms with Gasteiger partial charge in [-0.2, -0.15) is 0 Å². The lowest BCUT2D eigenvalue weighted by atomic mass is 9.85. The third-order valence-electron chi connectivity index (χ3n) is 5.46. The SMILES string of the molecule is C[C@@H]1CCCCN1C[C@H]1CCCN(C(=O)[C@@H](N)C(C)(C)C)C1. The zero-order valence-electron chi connectivity index (χ0n) is 15.0. The van der Waals surface area contributed by atoms with E-state index >= 15 is 0 Å². The van der Waals surface area contributed by atoms with E-state index in [9.17, 15) is 4.79 Å². The number of likely N-dealkylation sites (tertiary alicyclic amines) is 2. The van der Waals surface area contributed by atoms with Crippen LogP contribution in [0.15, 0.2) is 0 Å². The van der Waals surface area contributed by atoms with Crippen LogP contribution >= 0.6 is 0 Å². The third-order valence-corrected chi connectivity index (χ3v) is 5.46. The lowest BCUT2D eigenvalue weighted by molar-refractivity contribution is -0.137. The van der Waals surface area contributed by atoms with Crippen LogP contribution in [0.1, 0.15) is 59.8 Å². The Kier molecular flexibility index (Phi) is 5.89. The molecule has 128 valence electrons. The minimum atomic E-state index is -0.389. The molecule has 0 unspecified atom stereocenters. The Morgan fingerprint density at radius 1 is 1.18 bits per heavy atom. The summed E-state index contributed by atoms with van der Waals surface area (Å²) in [5, 5.41) is 0. The average molecular weight is 309 g/mol. The fourth-order valence-electron chi connectivity index (χ4n) is 3.74. The minimum absolute atomic E-state index is 0.142. The Morgan fingerprint density at radius 3 is 2.55 bits per heavy atom. The number of carbonyl (C=O) groups is 1. The van der Waals surface area contributed by atoms with Crippen LogP contribution in [-0.2, 0) is 4.79 Å². The highest BCUT2D eigenvalue weighted by atomic mass is 16.2. The normalized spacial score (nSPS) is 29.4. The summed E-state index contributed by atoms with van der Waals surface area (Å²) in [6.07, 6.45) is 6.39. The van der Waals surface area contributed by atoms with E-state index in [0.29, 0.717) is 12.0 Å². The van der Waals surface area contributed by atoms with Crippen molar-refractivity contribution in [2.45, 2.75) is 71.9 Å². The molecule has 2 rings (SSSR count). The van der Waals surface area contributed by atoms with Crippen molar-refractivity contribution in [3.8, 4) is 0 Å². The summed E-state index contributed by atoms with van der Waals surface area (Å²) in [6, 6.07) is 0.317. The van der Waals surface area contributed by atoms with Crippen molar-refractivity contribution in [1.29, 1.82) is 0 Å². The lowest BCUT2D eigenvalue weighted by Crippen LogP contribution is -2.54. The molecule has 2 aliphatic rings. The summed E-state index contributed by atoms with van der Waals surface area (Å²) < 4.78 is 0. The van der Waals surface area contributed by atoms with E-state index in [0.717, 1.165) is 26.1 Å². The monoisotopic (exact) mass is 309 g/mol. The van der Waals surface area contributed by atoms with Gasteiger partial charge in [0.1, 0.15) is 0 Å². The van der Waals surface area contributed by atoms with Crippen LogP contribution in [0.2, 0.25) is 0 Å². The van der Waals surface area contributed by atoms with E-state index in [4.69, 9.17) is 5.73 Å². The fourth-order valence-corrected chi connectivity index (χ4v) is 3.74. The first-order valence-electron chi connectivity index (χ1n) is 9.07. The van der Waals surface area contributed by atoms with Crippen molar-refractivity contribution in [2.24, 2.45) is 17.1 Å². The lowest BCUT2D eigenvalue weighted by Gasteiger charge is -2.41. The molecule has 22 heavy (non-hydrogen) atoms. The molecular weight excluding hydrogens is 274 g/mol. The Bertz CT molecular complexity index is 377. The highest BCUT2D eigenvalue weighted by Gasteiger charge is 2.34. The summed E-state index contributed by atoms with van der Waals surface area (Å²) in [6.45, 7) is 12.6. The van der Waals surface area contributed by atoms with Gasteiger partial charge in [0.2, 0.25) is 5.91 Å². The molecule has 0 radical (unpaired) electrons. The zero-order valence-corrected chi connectivity index (χ0v) is 15.0. The Morgan fingerprint density at radius 2 is 1.91 bits per heavy atom. The maximum absolute atomic E-state index is 12.6. The highest BCUT2D eigenvalue weighted by molar-refractivity contribution is 5.82. The molecule has 2 heterocycles. The van der Waals surface area contributed by atoms with Gasteiger partial charge in [0.25, 0.3) is 0 Å². The van der Waals surface area contributed by atoms with Crippen molar-refractivity contribution in [3.05, 3.63) is 0 Å². The standard InChI is InChI=1S/C18H35N3O/c1-14-8-5-6-10-20(14)12-15-9-7-11-21(13-15)17(22)16(19)18(2,3)4/h14-16H,5-13,19H2,1-4H3/t14-,15-,16-/m1/s1. The van der Waals surface area contributed by atoms with Gasteiger partial charge in [-0.25, -0.2) is 0 Å². The first kappa shape index (κ1) is 17.7. The maximum atomic E-state index is 12.6. The predicted molar refractivity (Wildman–Crippen MR) is 91.6 cm³/mol. The average Bonchev–Trinajstić information content (AvgIpc) is 2.47. The molecule has 3 atom stereocenters. The van der Waals surface area contributed by atoms with Crippen LogP contribution in [0, 0.1) is 11.3 Å². The number of rotatable bonds is 3. The summed E-state index contributed by atoms with van der Waals surface area (Å²) in [7, 11) is 0. The van der Waals surface area contributed by atoms with Crippen LogP contribution in [0.5, 0.6) is 0 Å². The molecule has 2 N–H and O–H groups in total. The largest absolute Gasteiger partial charge is 0.341 e. The van der Waals surface area contributed by atoms with E-state index in [2.05, 4.69) is 11.8 Å². The zero-order chi connectivity index (χ0) is 16.3. The van der Waals surface area contributed by atoms with Gasteiger partial charge in [-0.05, 0) is 50.5 Å². The smallest absolute Gasteiger partial charge is 0.240 e. The number of nitrogens with zero attached hydrogens (tertiary/aromatic N) is 2. The van der Waals surface area contributed by atoms with Crippen molar-refractivity contribution >= 4 is 5.91 Å². The van der Waals surface area contributed by atoms with Gasteiger partial charge >= 0.3 is 0 Å². The minimum Gasteiger partial charge on any atom is -0.341 e. The maximum Gasteiger partial charge on any atom is 0.240 e. The van der Waals surface area contributed by atoms with Crippen molar-refractivity contribution in [3.63, 3.8) is 0 Å². The molecule has 4 heteroatoms. The molecule has 2 aliphatic heterocycles. The number of hydrogen-bond acceptors (Lipinski definition) is 3. The number of nitrogens with two attached hydrogens (primary N) is 1. The molecule has 0 aromatic heterocycles. The van der Waals surface area contributed by atoms with Crippen molar-refractivity contribution in [1.82, 2.24) is 9.80 Å². The van der Waals surface area contributed by atoms with Gasteiger partial charge < -0.3 is 15.5 Å². The van der Waals surface area contributed by atoms with E-state index in [-0.39, 0.29) is 17.4 Å². The highest BCUT2D eigenvalue weighted by Crippen LogP contribution is 2.25. The topological polar surface area (TPSA) is 49.6 Å². The number of amides is 1. The molecule has 2 saturated heterocycles. The molecule has 0 aliphatic carbocycles. The molecule has 0 saturated carbocycles. The van der Waals surface area contributed by atoms with Gasteiger partial charge in [-0.15, -0.1) is 0 Å². The first-order valence-corrected chi connectivity index (χ1v) is 9.07. The Labute approximate surface area is 136 Å². The molecule has 2 fully saturated rings. The van der Waals surface area contributed by atoms with Gasteiger partial charge in [-0.1, -0.05) is 27.2 Å². The molecule has 0 bridgehead atoms. The van der Waals surface area contributed by atoms with Gasteiger partial charge in [0.05, 0.1) is 6.04 Å². The van der Waals surface area contributed by atoms with E-state index < -0.39 is 0 Å². The van der Waals surface area contributed by atoms with E-state index in [1.807, 2.05) is 25.7 Å². The van der Waals surface area contributed by atoms with Crippen molar-refractivity contribution < 1.29 is 4.79 Å². The summed E-state index contributed by atoms with van der Waals surface area (Å²) in [4.78, 5) is 17.3. The molecule has 0 aromatic carbocycles. The molecule has 4 nitrogen and oxygen atoms in total. The van der Waals surface area contributed by atoms with E-state index in [1.54, 1.807) is 0 Å². The summed E-state index contributed by atoms with van der Waals surface area (Å²) >= 11 is 0. The fraction of sp³-hybridized carbons (Fsp3) is 0.944. The second-order valence-electron chi connectivity index (χ2n) is 8.48. The molecule has 0 spiro atoms. The van der Waals surface area contributed by atoms with Crippen LogP contribution in [0.4, 0.5) is 0 Å². The summed E-state index contributed by atoms with van der Waals surface area (Å²) in [5.74, 6) is 0.759. The number of hydrogen-bond donors (Lipinski definition) is 1. The van der Waals surface area contributed by atoms with Gasteiger partial charge in [0, 0.05) is 25.7 Å². The molecular formula is C18H35N3O. The molecule has 1 amide bonds. The van der Waals surface area contributed by atoms with Gasteiger partial charge in [-0.3, -0.25) is 4.79 Å². The molecule has 0 aromatic rings. The van der Waals surface area contributed by atoms with Crippen molar-refractivity contribution in [2.75, 3.05) is 26.2 Å².